The topological polar surface area (TPSA) is 77.2 Å². The summed E-state index contributed by atoms with van der Waals surface area (Å²) in [7, 11) is 1.61. The molecule has 0 atom stereocenters. The van der Waals surface area contributed by atoms with Gasteiger partial charge in [-0.2, -0.15) is 0 Å². The first-order chi connectivity index (χ1) is 15.5. The van der Waals surface area contributed by atoms with Gasteiger partial charge in [-0.25, -0.2) is 4.98 Å². The average Bonchev–Trinajstić information content (AvgIpc) is 3.15. The Hall–Kier alpha value is -3.09. The molecule has 4 aromatic rings. The predicted octanol–water partition coefficient (Wildman–Crippen LogP) is 6.34. The summed E-state index contributed by atoms with van der Waals surface area (Å²) in [5.74, 6) is 0.488. The fourth-order valence-electron chi connectivity index (χ4n) is 4.27. The van der Waals surface area contributed by atoms with Gasteiger partial charge in [-0.15, -0.1) is 11.3 Å². The number of aromatic nitrogens is 1. The normalized spacial score (nSPS) is 13.1. The summed E-state index contributed by atoms with van der Waals surface area (Å²) in [5.41, 5.74) is 12.2. The smallest absolute Gasteiger partial charge is 0.267 e. The lowest BCUT2D eigenvalue weighted by Crippen LogP contribution is -2.12. The summed E-state index contributed by atoms with van der Waals surface area (Å²) in [6.07, 6.45) is 4.14. The summed E-state index contributed by atoms with van der Waals surface area (Å²) in [6.45, 7) is 0. The summed E-state index contributed by atoms with van der Waals surface area (Å²) in [6, 6.07) is 15.0. The number of nitrogen functional groups attached to an aromatic ring is 1. The summed E-state index contributed by atoms with van der Waals surface area (Å²) in [4.78, 5) is 19.3. The molecule has 0 saturated heterocycles. The third-order valence-electron chi connectivity index (χ3n) is 5.84. The van der Waals surface area contributed by atoms with Crippen LogP contribution in [0.15, 0.2) is 48.5 Å². The molecule has 1 aliphatic rings. The number of thiophene rings is 1. The number of hydrogen-bond acceptors (Lipinski definition) is 5. The number of ether oxygens (including phenoxy) is 1. The highest BCUT2D eigenvalue weighted by Crippen LogP contribution is 2.44. The molecule has 5 nitrogen and oxygen atoms in total. The van der Waals surface area contributed by atoms with Gasteiger partial charge in [0.05, 0.1) is 12.8 Å². The van der Waals surface area contributed by atoms with Gasteiger partial charge < -0.3 is 15.8 Å². The van der Waals surface area contributed by atoms with Crippen molar-refractivity contribution in [3.63, 3.8) is 0 Å². The van der Waals surface area contributed by atoms with Crippen LogP contribution in [0.1, 0.15) is 33.8 Å². The molecule has 7 heteroatoms. The fraction of sp³-hybridized carbons (Fsp3) is 0.200. The quantitative estimate of drug-likeness (QED) is 0.370. The van der Waals surface area contributed by atoms with Crippen molar-refractivity contribution in [1.82, 2.24) is 4.98 Å². The number of anilines is 2. The average molecular weight is 464 g/mol. The number of methoxy groups -OCH3 is 1. The molecule has 5 rings (SSSR count). The van der Waals surface area contributed by atoms with E-state index in [0.29, 0.717) is 21.3 Å². The Kier molecular flexibility index (Phi) is 5.49. The maximum absolute atomic E-state index is 13.1. The minimum Gasteiger partial charge on any atom is -0.497 e. The van der Waals surface area contributed by atoms with Crippen molar-refractivity contribution >= 4 is 50.4 Å². The van der Waals surface area contributed by atoms with Crippen molar-refractivity contribution in [2.24, 2.45) is 0 Å². The maximum Gasteiger partial charge on any atom is 0.267 e. The molecule has 0 bridgehead atoms. The number of benzene rings is 2. The second-order valence-electron chi connectivity index (χ2n) is 7.83. The first-order valence-electron chi connectivity index (χ1n) is 10.5. The van der Waals surface area contributed by atoms with Gasteiger partial charge in [-0.3, -0.25) is 4.79 Å². The Morgan fingerprint density at radius 1 is 1.09 bits per heavy atom. The minimum atomic E-state index is -0.240. The standard InChI is InChI=1S/C25H22ClN3O2S/c1-31-17-12-10-16(11-13-17)28-24(30)23-22(27)21-20(14-6-8-15(26)9-7-14)18-4-2-3-5-19(18)29-25(21)32-23/h6-13H,2-5,27H2,1H3,(H,28,30). The molecule has 0 spiro atoms. The van der Waals surface area contributed by atoms with E-state index in [4.69, 9.17) is 27.1 Å². The Balaban J connectivity index is 1.62. The van der Waals surface area contributed by atoms with Crippen LogP contribution in [0.25, 0.3) is 21.3 Å². The molecule has 162 valence electrons. The highest BCUT2D eigenvalue weighted by Gasteiger charge is 2.25. The summed E-state index contributed by atoms with van der Waals surface area (Å²) >= 11 is 7.48. The predicted molar refractivity (Wildman–Crippen MR) is 132 cm³/mol. The van der Waals surface area contributed by atoms with Gasteiger partial charge in [-0.05, 0) is 78.8 Å². The second-order valence-corrected chi connectivity index (χ2v) is 9.27. The van der Waals surface area contributed by atoms with Crippen LogP contribution in [0.4, 0.5) is 11.4 Å². The van der Waals surface area contributed by atoms with Gasteiger partial charge in [0.2, 0.25) is 0 Å². The summed E-state index contributed by atoms with van der Waals surface area (Å²) in [5, 5.41) is 4.48. The van der Waals surface area contributed by atoms with E-state index in [0.717, 1.165) is 58.5 Å². The molecule has 3 N–H and O–H groups in total. The van der Waals surface area contributed by atoms with E-state index in [-0.39, 0.29) is 5.91 Å². The van der Waals surface area contributed by atoms with Crippen LogP contribution in [-0.4, -0.2) is 18.0 Å². The van der Waals surface area contributed by atoms with Crippen LogP contribution in [0, 0.1) is 0 Å². The molecule has 1 aliphatic carbocycles. The Morgan fingerprint density at radius 3 is 2.53 bits per heavy atom. The van der Waals surface area contributed by atoms with E-state index < -0.39 is 0 Å². The number of carbonyl (C=O) groups excluding carboxylic acids is 1. The third kappa shape index (κ3) is 3.70. The lowest BCUT2D eigenvalue weighted by Gasteiger charge is -2.20. The molecule has 1 amide bonds. The molecular formula is C25H22ClN3O2S. The lowest BCUT2D eigenvalue weighted by atomic mass is 9.87. The molecule has 2 heterocycles. The molecule has 32 heavy (non-hydrogen) atoms. The number of carbonyl (C=O) groups is 1. The number of fused-ring (bicyclic) bond motifs is 2. The van der Waals surface area contributed by atoms with Gasteiger partial charge in [0.1, 0.15) is 15.5 Å². The van der Waals surface area contributed by atoms with Crippen molar-refractivity contribution in [1.29, 1.82) is 0 Å². The van der Waals surface area contributed by atoms with E-state index in [1.54, 1.807) is 31.4 Å². The van der Waals surface area contributed by atoms with Crippen LogP contribution in [0.5, 0.6) is 5.75 Å². The number of nitrogens with one attached hydrogen (secondary N) is 1. The number of rotatable bonds is 4. The highest BCUT2D eigenvalue weighted by atomic mass is 35.5. The van der Waals surface area contributed by atoms with Crippen molar-refractivity contribution in [3.8, 4) is 16.9 Å². The number of pyridine rings is 1. The summed E-state index contributed by atoms with van der Waals surface area (Å²) < 4.78 is 5.18. The number of nitrogens with two attached hydrogens (primary N) is 1. The molecule has 2 aromatic carbocycles. The first kappa shape index (κ1) is 20.8. The molecule has 0 fully saturated rings. The number of aryl methyl sites for hydroxylation is 1. The molecule has 0 radical (unpaired) electrons. The van der Waals surface area contributed by atoms with E-state index >= 15 is 0 Å². The SMILES string of the molecule is COc1ccc(NC(=O)c2sc3nc4c(c(-c5ccc(Cl)cc5)c3c2N)CCCC4)cc1. The minimum absolute atomic E-state index is 0.240. The van der Waals surface area contributed by atoms with E-state index in [1.807, 2.05) is 24.3 Å². The number of hydrogen-bond donors (Lipinski definition) is 2. The molecular weight excluding hydrogens is 442 g/mol. The van der Waals surface area contributed by atoms with Crippen molar-refractivity contribution in [2.45, 2.75) is 25.7 Å². The van der Waals surface area contributed by atoms with Crippen LogP contribution in [-0.2, 0) is 12.8 Å². The highest BCUT2D eigenvalue weighted by molar-refractivity contribution is 7.21. The molecule has 2 aromatic heterocycles. The fourth-order valence-corrected chi connectivity index (χ4v) is 5.42. The van der Waals surface area contributed by atoms with E-state index in [2.05, 4.69) is 5.32 Å². The zero-order valence-corrected chi connectivity index (χ0v) is 19.1. The Labute approximate surface area is 195 Å². The van der Waals surface area contributed by atoms with Gasteiger partial charge >= 0.3 is 0 Å². The first-order valence-corrected chi connectivity index (χ1v) is 11.7. The monoisotopic (exact) mass is 463 g/mol. The van der Waals surface area contributed by atoms with Gasteiger partial charge in [0.25, 0.3) is 5.91 Å². The molecule has 0 unspecified atom stereocenters. The van der Waals surface area contributed by atoms with Gasteiger partial charge in [-0.1, -0.05) is 23.7 Å². The van der Waals surface area contributed by atoms with Crippen molar-refractivity contribution in [2.75, 3.05) is 18.2 Å². The third-order valence-corrected chi connectivity index (χ3v) is 7.19. The largest absolute Gasteiger partial charge is 0.497 e. The number of halogens is 1. The maximum atomic E-state index is 13.1. The zero-order valence-electron chi connectivity index (χ0n) is 17.6. The lowest BCUT2D eigenvalue weighted by molar-refractivity contribution is 0.103. The molecule has 0 saturated carbocycles. The van der Waals surface area contributed by atoms with Crippen molar-refractivity contribution in [3.05, 3.63) is 69.7 Å². The zero-order chi connectivity index (χ0) is 22.2. The van der Waals surface area contributed by atoms with Gasteiger partial charge in [0, 0.05) is 21.8 Å². The van der Waals surface area contributed by atoms with Crippen LogP contribution in [0.3, 0.4) is 0 Å². The van der Waals surface area contributed by atoms with Crippen molar-refractivity contribution < 1.29 is 9.53 Å². The van der Waals surface area contributed by atoms with Crippen LogP contribution in [0.2, 0.25) is 5.02 Å². The van der Waals surface area contributed by atoms with Gasteiger partial charge in [0.15, 0.2) is 0 Å². The Bertz CT molecular complexity index is 1310. The Morgan fingerprint density at radius 2 is 1.81 bits per heavy atom. The van der Waals surface area contributed by atoms with Crippen LogP contribution >= 0.6 is 22.9 Å². The second kappa shape index (κ2) is 8.45. The van der Waals surface area contributed by atoms with E-state index in [9.17, 15) is 4.79 Å². The van der Waals surface area contributed by atoms with Crippen LogP contribution < -0.4 is 15.8 Å². The number of nitrogens with zero attached hydrogens (tertiary/aromatic N) is 1. The number of amides is 1. The molecule has 0 aliphatic heterocycles. The van der Waals surface area contributed by atoms with E-state index in [1.165, 1.54) is 16.9 Å².